The standard InChI is InChI=1S/C8H19NOS/c1-4-6-9-7-5-8(2)11(3)10/h8-9H,4-7H2,1-3H3. The zero-order chi connectivity index (χ0) is 8.69. The monoisotopic (exact) mass is 177 g/mol. The highest BCUT2D eigenvalue weighted by atomic mass is 32.2. The predicted octanol–water partition coefficient (Wildman–Crippen LogP) is 1.14. The van der Waals surface area contributed by atoms with Crippen molar-refractivity contribution in [3.8, 4) is 0 Å². The lowest BCUT2D eigenvalue weighted by atomic mass is 10.3. The minimum absolute atomic E-state index is 0.333. The van der Waals surface area contributed by atoms with Crippen molar-refractivity contribution in [1.82, 2.24) is 5.32 Å². The molecule has 0 aliphatic carbocycles. The first kappa shape index (κ1) is 11.1. The van der Waals surface area contributed by atoms with Crippen molar-refractivity contribution in [1.29, 1.82) is 0 Å². The van der Waals surface area contributed by atoms with Gasteiger partial charge in [-0.1, -0.05) is 13.8 Å². The van der Waals surface area contributed by atoms with Crippen LogP contribution < -0.4 is 5.32 Å². The van der Waals surface area contributed by atoms with E-state index >= 15 is 0 Å². The van der Waals surface area contributed by atoms with Crippen molar-refractivity contribution in [2.24, 2.45) is 0 Å². The van der Waals surface area contributed by atoms with Crippen LogP contribution in [0.3, 0.4) is 0 Å². The SMILES string of the molecule is CCCNCCC(C)S(C)=O. The zero-order valence-electron chi connectivity index (χ0n) is 7.72. The molecule has 0 saturated heterocycles. The normalized spacial score (nSPS) is 16.3. The molecule has 2 nitrogen and oxygen atoms in total. The molecular formula is C8H19NOS. The van der Waals surface area contributed by atoms with Crippen LogP contribution in [0.2, 0.25) is 0 Å². The molecule has 0 aromatic rings. The molecule has 0 aromatic carbocycles. The summed E-state index contributed by atoms with van der Waals surface area (Å²) in [5.74, 6) is 0. The fraction of sp³-hybridized carbons (Fsp3) is 1.00. The Kier molecular flexibility index (Phi) is 6.87. The molecule has 0 radical (unpaired) electrons. The molecule has 0 heterocycles. The van der Waals surface area contributed by atoms with Gasteiger partial charge in [0.05, 0.1) is 0 Å². The average molecular weight is 177 g/mol. The molecule has 2 atom stereocenters. The lowest BCUT2D eigenvalue weighted by Gasteiger charge is -2.07. The summed E-state index contributed by atoms with van der Waals surface area (Å²) in [4.78, 5) is 0. The molecular weight excluding hydrogens is 158 g/mol. The topological polar surface area (TPSA) is 29.1 Å². The summed E-state index contributed by atoms with van der Waals surface area (Å²) in [5.41, 5.74) is 0. The van der Waals surface area contributed by atoms with Gasteiger partial charge in [0.1, 0.15) is 0 Å². The van der Waals surface area contributed by atoms with Gasteiger partial charge >= 0.3 is 0 Å². The molecule has 0 aliphatic heterocycles. The lowest BCUT2D eigenvalue weighted by Crippen LogP contribution is -2.21. The predicted molar refractivity (Wildman–Crippen MR) is 51.3 cm³/mol. The van der Waals surface area contributed by atoms with Crippen LogP contribution in [0.15, 0.2) is 0 Å². The maximum atomic E-state index is 10.9. The summed E-state index contributed by atoms with van der Waals surface area (Å²) in [6.45, 7) is 6.25. The largest absolute Gasteiger partial charge is 0.317 e. The molecule has 0 bridgehead atoms. The van der Waals surface area contributed by atoms with E-state index in [1.165, 1.54) is 6.42 Å². The molecule has 0 spiro atoms. The van der Waals surface area contributed by atoms with Gasteiger partial charge in [0, 0.05) is 22.3 Å². The van der Waals surface area contributed by atoms with Crippen LogP contribution in [0.5, 0.6) is 0 Å². The molecule has 0 amide bonds. The van der Waals surface area contributed by atoms with Crippen molar-refractivity contribution in [3.63, 3.8) is 0 Å². The minimum atomic E-state index is -0.656. The third-order valence-corrected chi connectivity index (χ3v) is 3.09. The van der Waals surface area contributed by atoms with Crippen molar-refractivity contribution in [2.45, 2.75) is 31.9 Å². The fourth-order valence-electron chi connectivity index (χ4n) is 0.773. The van der Waals surface area contributed by atoms with Crippen molar-refractivity contribution < 1.29 is 4.21 Å². The summed E-state index contributed by atoms with van der Waals surface area (Å²) in [5, 5.41) is 3.62. The van der Waals surface area contributed by atoms with E-state index in [-0.39, 0.29) is 0 Å². The molecule has 2 unspecified atom stereocenters. The van der Waals surface area contributed by atoms with Gasteiger partial charge in [-0.15, -0.1) is 0 Å². The maximum Gasteiger partial charge on any atom is 0.0329 e. The maximum absolute atomic E-state index is 10.9. The quantitative estimate of drug-likeness (QED) is 0.617. The zero-order valence-corrected chi connectivity index (χ0v) is 8.54. The van der Waals surface area contributed by atoms with Gasteiger partial charge in [-0.25, -0.2) is 0 Å². The van der Waals surface area contributed by atoms with E-state index in [0.717, 1.165) is 19.5 Å². The second kappa shape index (κ2) is 6.80. The van der Waals surface area contributed by atoms with Gasteiger partial charge in [0.25, 0.3) is 0 Å². The molecule has 68 valence electrons. The first-order valence-electron chi connectivity index (χ1n) is 4.21. The highest BCUT2D eigenvalue weighted by Gasteiger charge is 2.03. The Bertz CT molecular complexity index is 117. The molecule has 0 aromatic heterocycles. The van der Waals surface area contributed by atoms with Gasteiger partial charge in [0.2, 0.25) is 0 Å². The number of nitrogens with one attached hydrogen (secondary N) is 1. The Balaban J connectivity index is 3.17. The third-order valence-electron chi connectivity index (χ3n) is 1.72. The van der Waals surface area contributed by atoms with Crippen LogP contribution >= 0.6 is 0 Å². The van der Waals surface area contributed by atoms with Gasteiger partial charge in [-0.3, -0.25) is 4.21 Å². The molecule has 0 saturated carbocycles. The van der Waals surface area contributed by atoms with E-state index in [9.17, 15) is 4.21 Å². The second-order valence-electron chi connectivity index (χ2n) is 2.85. The summed E-state index contributed by atoms with van der Waals surface area (Å²) >= 11 is 0. The van der Waals surface area contributed by atoms with Crippen LogP contribution in [-0.2, 0) is 10.8 Å². The summed E-state index contributed by atoms with van der Waals surface area (Å²) in [6, 6.07) is 0. The molecule has 3 heteroatoms. The second-order valence-corrected chi connectivity index (χ2v) is 4.65. The van der Waals surface area contributed by atoms with Crippen LogP contribution in [0.4, 0.5) is 0 Å². The summed E-state index contributed by atoms with van der Waals surface area (Å²) in [7, 11) is -0.656. The average Bonchev–Trinajstić information content (AvgIpc) is 1.97. The smallest absolute Gasteiger partial charge is 0.0329 e. The molecule has 0 aliphatic rings. The molecule has 0 rings (SSSR count). The molecule has 1 N–H and O–H groups in total. The van der Waals surface area contributed by atoms with Gasteiger partial charge < -0.3 is 5.32 Å². The first-order chi connectivity index (χ1) is 5.18. The number of rotatable bonds is 6. The van der Waals surface area contributed by atoms with E-state index in [4.69, 9.17) is 0 Å². The summed E-state index contributed by atoms with van der Waals surface area (Å²) < 4.78 is 10.9. The van der Waals surface area contributed by atoms with Crippen LogP contribution in [0.1, 0.15) is 26.7 Å². The number of hydrogen-bond donors (Lipinski definition) is 1. The highest BCUT2D eigenvalue weighted by molar-refractivity contribution is 7.84. The lowest BCUT2D eigenvalue weighted by molar-refractivity contribution is 0.623. The number of hydrogen-bond acceptors (Lipinski definition) is 2. The fourth-order valence-corrected chi connectivity index (χ4v) is 1.22. The Hall–Kier alpha value is 0.110. The Morgan fingerprint density at radius 3 is 2.55 bits per heavy atom. The van der Waals surface area contributed by atoms with Crippen molar-refractivity contribution in [3.05, 3.63) is 0 Å². The van der Waals surface area contributed by atoms with E-state index in [1.807, 2.05) is 6.92 Å². The Morgan fingerprint density at radius 2 is 2.09 bits per heavy atom. The van der Waals surface area contributed by atoms with Crippen molar-refractivity contribution >= 4 is 10.8 Å². The van der Waals surface area contributed by atoms with E-state index in [0.29, 0.717) is 5.25 Å². The Labute approximate surface area is 72.2 Å². The Morgan fingerprint density at radius 1 is 1.45 bits per heavy atom. The summed E-state index contributed by atoms with van der Waals surface area (Å²) in [6.07, 6.45) is 3.96. The van der Waals surface area contributed by atoms with E-state index < -0.39 is 10.8 Å². The third kappa shape index (κ3) is 6.51. The van der Waals surface area contributed by atoms with Crippen LogP contribution in [0, 0.1) is 0 Å². The minimum Gasteiger partial charge on any atom is -0.317 e. The van der Waals surface area contributed by atoms with E-state index in [1.54, 1.807) is 6.26 Å². The van der Waals surface area contributed by atoms with Gasteiger partial charge in [0.15, 0.2) is 0 Å². The van der Waals surface area contributed by atoms with E-state index in [2.05, 4.69) is 12.2 Å². The van der Waals surface area contributed by atoms with Crippen molar-refractivity contribution in [2.75, 3.05) is 19.3 Å². The van der Waals surface area contributed by atoms with Crippen LogP contribution in [-0.4, -0.2) is 28.8 Å². The first-order valence-corrected chi connectivity index (χ1v) is 5.83. The van der Waals surface area contributed by atoms with Gasteiger partial charge in [-0.2, -0.15) is 0 Å². The molecule has 0 fully saturated rings. The molecule has 11 heavy (non-hydrogen) atoms. The highest BCUT2D eigenvalue weighted by Crippen LogP contribution is 1.96. The van der Waals surface area contributed by atoms with Gasteiger partial charge in [-0.05, 0) is 25.9 Å². The van der Waals surface area contributed by atoms with Crippen LogP contribution in [0.25, 0.3) is 0 Å².